The first-order valence-corrected chi connectivity index (χ1v) is 5.99. The fourth-order valence-electron chi connectivity index (χ4n) is 1.74. The third-order valence-corrected chi connectivity index (χ3v) is 2.70. The molecule has 4 heteroatoms. The van der Waals surface area contributed by atoms with Crippen molar-refractivity contribution in [2.24, 2.45) is 0 Å². The van der Waals surface area contributed by atoms with E-state index in [0.717, 1.165) is 12.1 Å². The summed E-state index contributed by atoms with van der Waals surface area (Å²) in [7, 11) is 0. The fraction of sp³-hybridized carbons (Fsp3) is 0.286. The normalized spacial score (nSPS) is 12.1. The minimum Gasteiger partial charge on any atom is -0.394 e. The number of aliphatic hydroxyl groups is 1. The van der Waals surface area contributed by atoms with Crippen LogP contribution < -0.4 is 5.32 Å². The lowest BCUT2D eigenvalue weighted by Crippen LogP contribution is -2.27. The smallest absolute Gasteiger partial charge is 0.148 e. The van der Waals surface area contributed by atoms with Crippen molar-refractivity contribution in [1.82, 2.24) is 10.2 Å². The third kappa shape index (κ3) is 3.53. The zero-order valence-electron chi connectivity index (χ0n) is 10.4. The topological polar surface area (TPSA) is 58.0 Å². The van der Waals surface area contributed by atoms with Crippen molar-refractivity contribution in [2.45, 2.75) is 19.4 Å². The molecule has 0 aliphatic carbocycles. The van der Waals surface area contributed by atoms with E-state index in [1.807, 2.05) is 49.4 Å². The van der Waals surface area contributed by atoms with Crippen molar-refractivity contribution in [3.8, 4) is 0 Å². The molecule has 1 heterocycles. The summed E-state index contributed by atoms with van der Waals surface area (Å²) in [5.74, 6) is 0.690. The molecule has 0 spiro atoms. The minimum atomic E-state index is -0.0515. The molecule has 1 unspecified atom stereocenters. The van der Waals surface area contributed by atoms with Crippen LogP contribution in [0.1, 0.15) is 11.3 Å². The van der Waals surface area contributed by atoms with Gasteiger partial charge in [0.25, 0.3) is 0 Å². The number of hydrogen-bond donors (Lipinski definition) is 2. The number of aryl methyl sites for hydroxylation is 1. The predicted molar refractivity (Wildman–Crippen MR) is 71.4 cm³/mol. The molecule has 0 saturated carbocycles. The molecule has 0 fully saturated rings. The average molecular weight is 243 g/mol. The van der Waals surface area contributed by atoms with Crippen molar-refractivity contribution in [1.29, 1.82) is 0 Å². The first kappa shape index (κ1) is 12.5. The third-order valence-electron chi connectivity index (χ3n) is 2.70. The first-order chi connectivity index (χ1) is 8.78. The molecule has 0 radical (unpaired) electrons. The van der Waals surface area contributed by atoms with Gasteiger partial charge in [-0.2, -0.15) is 5.10 Å². The maximum absolute atomic E-state index is 9.39. The number of benzene rings is 1. The molecule has 1 atom stereocenters. The first-order valence-electron chi connectivity index (χ1n) is 5.99. The van der Waals surface area contributed by atoms with Gasteiger partial charge in [-0.1, -0.05) is 30.3 Å². The standard InChI is InChI=1S/C14H17N3O/c1-11-7-8-14(17-16-11)15-13(10-18)9-12-5-3-2-4-6-12/h2-8,13,18H,9-10H2,1H3,(H,15,17). The Balaban J connectivity index is 1.99. The lowest BCUT2D eigenvalue weighted by molar-refractivity contribution is 0.273. The molecular weight excluding hydrogens is 226 g/mol. The highest BCUT2D eigenvalue weighted by atomic mass is 16.3. The number of rotatable bonds is 5. The maximum Gasteiger partial charge on any atom is 0.148 e. The summed E-state index contributed by atoms with van der Waals surface area (Å²) in [6.45, 7) is 1.95. The Morgan fingerprint density at radius 3 is 2.50 bits per heavy atom. The minimum absolute atomic E-state index is 0.0515. The number of hydrogen-bond acceptors (Lipinski definition) is 4. The number of nitrogens with zero attached hydrogens (tertiary/aromatic N) is 2. The molecule has 94 valence electrons. The van der Waals surface area contributed by atoms with Gasteiger partial charge in [0, 0.05) is 0 Å². The summed E-state index contributed by atoms with van der Waals surface area (Å²) >= 11 is 0. The van der Waals surface area contributed by atoms with Crippen LogP contribution in [-0.2, 0) is 6.42 Å². The summed E-state index contributed by atoms with van der Waals surface area (Å²) in [5.41, 5.74) is 2.06. The van der Waals surface area contributed by atoms with Crippen LogP contribution in [0.3, 0.4) is 0 Å². The lowest BCUT2D eigenvalue weighted by atomic mass is 10.1. The number of aliphatic hydroxyl groups excluding tert-OH is 1. The van der Waals surface area contributed by atoms with E-state index in [4.69, 9.17) is 0 Å². The monoisotopic (exact) mass is 243 g/mol. The van der Waals surface area contributed by atoms with E-state index < -0.39 is 0 Å². The summed E-state index contributed by atoms with van der Waals surface area (Å²) in [6.07, 6.45) is 0.757. The SMILES string of the molecule is Cc1ccc(NC(CO)Cc2ccccc2)nn1. The predicted octanol–water partition coefficient (Wildman–Crippen LogP) is 1.80. The molecular formula is C14H17N3O. The zero-order valence-corrected chi connectivity index (χ0v) is 10.4. The molecule has 2 aromatic rings. The van der Waals surface area contributed by atoms with Gasteiger partial charge in [0.2, 0.25) is 0 Å². The summed E-state index contributed by atoms with van der Waals surface area (Å²) in [6, 6.07) is 13.8. The van der Waals surface area contributed by atoms with E-state index in [1.54, 1.807) is 0 Å². The van der Waals surface area contributed by atoms with Gasteiger partial charge < -0.3 is 10.4 Å². The van der Waals surface area contributed by atoms with Crippen molar-refractivity contribution in [3.05, 3.63) is 53.7 Å². The second kappa shape index (κ2) is 6.12. The van der Waals surface area contributed by atoms with Gasteiger partial charge in [-0.05, 0) is 31.0 Å². The van der Waals surface area contributed by atoms with E-state index in [0.29, 0.717) is 5.82 Å². The molecule has 2 N–H and O–H groups in total. The van der Waals surface area contributed by atoms with Gasteiger partial charge in [0.1, 0.15) is 5.82 Å². The Kier molecular flexibility index (Phi) is 4.25. The van der Waals surface area contributed by atoms with Crippen LogP contribution in [0.4, 0.5) is 5.82 Å². The highest BCUT2D eigenvalue weighted by Gasteiger charge is 2.09. The molecule has 1 aromatic heterocycles. The van der Waals surface area contributed by atoms with Gasteiger partial charge in [-0.15, -0.1) is 5.10 Å². The van der Waals surface area contributed by atoms with Gasteiger partial charge >= 0.3 is 0 Å². The van der Waals surface area contributed by atoms with E-state index in [-0.39, 0.29) is 12.6 Å². The van der Waals surface area contributed by atoms with Crippen LogP contribution in [0, 0.1) is 6.92 Å². The lowest BCUT2D eigenvalue weighted by Gasteiger charge is -2.16. The number of aromatic nitrogens is 2. The second-order valence-electron chi connectivity index (χ2n) is 4.27. The highest BCUT2D eigenvalue weighted by Crippen LogP contribution is 2.08. The molecule has 2 rings (SSSR count). The van der Waals surface area contributed by atoms with Gasteiger partial charge in [-0.25, -0.2) is 0 Å². The summed E-state index contributed by atoms with van der Waals surface area (Å²) in [4.78, 5) is 0. The average Bonchev–Trinajstić information content (AvgIpc) is 2.41. The summed E-state index contributed by atoms with van der Waals surface area (Å²) < 4.78 is 0. The number of nitrogens with one attached hydrogen (secondary N) is 1. The highest BCUT2D eigenvalue weighted by molar-refractivity contribution is 5.35. The fourth-order valence-corrected chi connectivity index (χ4v) is 1.74. The van der Waals surface area contributed by atoms with Crippen LogP contribution in [0.5, 0.6) is 0 Å². The van der Waals surface area contributed by atoms with E-state index in [9.17, 15) is 5.11 Å². The molecule has 1 aromatic carbocycles. The Hall–Kier alpha value is -1.94. The molecule has 0 aliphatic rings. The Labute approximate surface area is 107 Å². The van der Waals surface area contributed by atoms with Gasteiger partial charge in [0.05, 0.1) is 18.3 Å². The van der Waals surface area contributed by atoms with Crippen LogP contribution in [-0.4, -0.2) is 28.0 Å². The maximum atomic E-state index is 9.39. The van der Waals surface area contributed by atoms with Crippen LogP contribution in [0.15, 0.2) is 42.5 Å². The molecule has 4 nitrogen and oxygen atoms in total. The number of anilines is 1. The van der Waals surface area contributed by atoms with Crippen LogP contribution in [0.2, 0.25) is 0 Å². The Morgan fingerprint density at radius 2 is 1.89 bits per heavy atom. The van der Waals surface area contributed by atoms with Crippen LogP contribution >= 0.6 is 0 Å². The quantitative estimate of drug-likeness (QED) is 0.840. The zero-order chi connectivity index (χ0) is 12.8. The van der Waals surface area contributed by atoms with E-state index >= 15 is 0 Å². The molecule has 0 bridgehead atoms. The molecule has 18 heavy (non-hydrogen) atoms. The van der Waals surface area contributed by atoms with E-state index in [1.165, 1.54) is 5.56 Å². The Morgan fingerprint density at radius 1 is 1.11 bits per heavy atom. The van der Waals surface area contributed by atoms with Gasteiger partial charge in [-0.3, -0.25) is 0 Å². The largest absolute Gasteiger partial charge is 0.394 e. The van der Waals surface area contributed by atoms with Crippen molar-refractivity contribution in [2.75, 3.05) is 11.9 Å². The van der Waals surface area contributed by atoms with Gasteiger partial charge in [0.15, 0.2) is 0 Å². The molecule has 0 amide bonds. The summed E-state index contributed by atoms with van der Waals surface area (Å²) in [5, 5.41) is 20.6. The van der Waals surface area contributed by atoms with Crippen molar-refractivity contribution >= 4 is 5.82 Å². The van der Waals surface area contributed by atoms with Crippen LogP contribution in [0.25, 0.3) is 0 Å². The van der Waals surface area contributed by atoms with Crippen molar-refractivity contribution in [3.63, 3.8) is 0 Å². The van der Waals surface area contributed by atoms with Crippen molar-refractivity contribution < 1.29 is 5.11 Å². The molecule has 0 saturated heterocycles. The van der Waals surface area contributed by atoms with E-state index in [2.05, 4.69) is 15.5 Å². The Bertz CT molecular complexity index is 470. The second-order valence-corrected chi connectivity index (χ2v) is 4.27. The molecule has 0 aliphatic heterocycles.